The van der Waals surface area contributed by atoms with E-state index in [4.69, 9.17) is 0 Å². The van der Waals surface area contributed by atoms with E-state index < -0.39 is 5.82 Å². The molecule has 0 radical (unpaired) electrons. The monoisotopic (exact) mass is 347 g/mol. The maximum atomic E-state index is 13.2. The number of hydrogen-bond acceptors (Lipinski definition) is 4. The first-order chi connectivity index (χ1) is 12.2. The van der Waals surface area contributed by atoms with Gasteiger partial charge in [0, 0.05) is 35.2 Å². The van der Waals surface area contributed by atoms with Gasteiger partial charge in [-0.3, -0.25) is 9.69 Å². The Kier molecular flexibility index (Phi) is 6.18. The first kappa shape index (κ1) is 18.0. The van der Waals surface area contributed by atoms with Crippen molar-refractivity contribution in [2.75, 3.05) is 26.2 Å². The van der Waals surface area contributed by atoms with E-state index in [9.17, 15) is 14.3 Å². The summed E-state index contributed by atoms with van der Waals surface area (Å²) in [5, 5.41) is 13.2. The number of halogens is 1. The molecule has 6 heteroatoms. The molecule has 0 bridgehead atoms. The van der Waals surface area contributed by atoms with Crippen molar-refractivity contribution in [1.82, 2.24) is 15.2 Å². The fourth-order valence-electron chi connectivity index (χ4n) is 3.56. The number of aliphatic hydroxyl groups is 1. The molecule has 2 aromatic rings. The summed E-state index contributed by atoms with van der Waals surface area (Å²) in [6.07, 6.45) is 4.50. The molecule has 0 saturated carbocycles. The Bertz CT molecular complexity index is 762. The van der Waals surface area contributed by atoms with E-state index in [1.54, 1.807) is 6.07 Å². The van der Waals surface area contributed by atoms with Crippen molar-refractivity contribution in [3.8, 4) is 0 Å². The van der Waals surface area contributed by atoms with Crippen LogP contribution in [0.2, 0.25) is 0 Å². The van der Waals surface area contributed by atoms with Gasteiger partial charge in [0.15, 0.2) is 5.43 Å². The summed E-state index contributed by atoms with van der Waals surface area (Å²) >= 11 is 0. The third-order valence-electron chi connectivity index (χ3n) is 4.92. The summed E-state index contributed by atoms with van der Waals surface area (Å²) in [5.41, 5.74) is 1.30. The maximum Gasteiger partial charge on any atom is 0.189 e. The van der Waals surface area contributed by atoms with Crippen LogP contribution in [0.3, 0.4) is 0 Å². The third kappa shape index (κ3) is 4.66. The van der Waals surface area contributed by atoms with Gasteiger partial charge in [0.1, 0.15) is 5.82 Å². The number of fused-ring (bicyclic) bond motifs is 1. The predicted molar refractivity (Wildman–Crippen MR) is 97.1 cm³/mol. The van der Waals surface area contributed by atoms with Crippen LogP contribution in [0.25, 0.3) is 10.9 Å². The molecule has 136 valence electrons. The van der Waals surface area contributed by atoms with Gasteiger partial charge in [-0.15, -0.1) is 0 Å². The number of aliphatic hydroxyl groups excluding tert-OH is 1. The lowest BCUT2D eigenvalue weighted by Crippen LogP contribution is -2.42. The molecule has 1 aliphatic rings. The van der Waals surface area contributed by atoms with E-state index in [2.05, 4.69) is 15.2 Å². The molecule has 0 unspecified atom stereocenters. The highest BCUT2D eigenvalue weighted by Gasteiger charge is 2.20. The molecule has 3 N–H and O–H groups in total. The standard InChI is InChI=1S/C19H26FN3O2/c20-14-5-6-18-17(10-14)19(25)11-15(22-18)12-21-7-3-9-23-8-2-1-4-16(23)13-24/h5-6,10-11,16,21,24H,1-4,7-9,12-13H2,(H,22,25)/t16-/m1/s1. The minimum Gasteiger partial charge on any atom is -0.395 e. The van der Waals surface area contributed by atoms with Crippen LogP contribution >= 0.6 is 0 Å². The van der Waals surface area contributed by atoms with Gasteiger partial charge in [0.25, 0.3) is 0 Å². The summed E-state index contributed by atoms with van der Waals surface area (Å²) in [7, 11) is 0. The molecule has 1 aliphatic heterocycles. The van der Waals surface area contributed by atoms with Gasteiger partial charge in [-0.2, -0.15) is 0 Å². The molecular formula is C19H26FN3O2. The Hall–Kier alpha value is -1.76. The largest absolute Gasteiger partial charge is 0.395 e. The number of aromatic amines is 1. The lowest BCUT2D eigenvalue weighted by atomic mass is 10.0. The second-order valence-corrected chi connectivity index (χ2v) is 6.75. The summed E-state index contributed by atoms with van der Waals surface area (Å²) in [6.45, 7) is 3.71. The van der Waals surface area contributed by atoms with E-state index in [-0.39, 0.29) is 12.0 Å². The van der Waals surface area contributed by atoms with Gasteiger partial charge in [0.05, 0.1) is 6.61 Å². The van der Waals surface area contributed by atoms with Crippen LogP contribution in [0.4, 0.5) is 4.39 Å². The molecule has 0 amide bonds. The van der Waals surface area contributed by atoms with E-state index >= 15 is 0 Å². The van der Waals surface area contributed by atoms with E-state index in [0.29, 0.717) is 23.5 Å². The average Bonchev–Trinajstić information content (AvgIpc) is 2.62. The van der Waals surface area contributed by atoms with Gasteiger partial charge in [-0.1, -0.05) is 6.42 Å². The second-order valence-electron chi connectivity index (χ2n) is 6.75. The predicted octanol–water partition coefficient (Wildman–Crippen LogP) is 1.99. The molecular weight excluding hydrogens is 321 g/mol. The minimum absolute atomic E-state index is 0.163. The number of benzene rings is 1. The first-order valence-corrected chi connectivity index (χ1v) is 9.04. The number of likely N-dealkylation sites (tertiary alicyclic amines) is 1. The lowest BCUT2D eigenvalue weighted by Gasteiger charge is -2.34. The zero-order valence-corrected chi connectivity index (χ0v) is 14.4. The van der Waals surface area contributed by atoms with Crippen LogP contribution < -0.4 is 10.7 Å². The van der Waals surface area contributed by atoms with E-state index in [0.717, 1.165) is 38.2 Å². The number of rotatable bonds is 7. The molecule has 1 aromatic heterocycles. The smallest absolute Gasteiger partial charge is 0.189 e. The zero-order chi connectivity index (χ0) is 17.6. The molecule has 1 saturated heterocycles. The number of aromatic nitrogens is 1. The fourth-order valence-corrected chi connectivity index (χ4v) is 3.56. The molecule has 0 aliphatic carbocycles. The van der Waals surface area contributed by atoms with Crippen molar-refractivity contribution in [2.24, 2.45) is 0 Å². The van der Waals surface area contributed by atoms with Crippen molar-refractivity contribution in [3.63, 3.8) is 0 Å². The molecule has 2 heterocycles. The van der Waals surface area contributed by atoms with Crippen molar-refractivity contribution < 1.29 is 9.50 Å². The van der Waals surface area contributed by atoms with Gasteiger partial charge in [-0.05, 0) is 57.1 Å². The van der Waals surface area contributed by atoms with Crippen LogP contribution in [0, 0.1) is 5.82 Å². The maximum absolute atomic E-state index is 13.2. The molecule has 1 atom stereocenters. The summed E-state index contributed by atoms with van der Waals surface area (Å²) in [4.78, 5) is 17.6. The quantitative estimate of drug-likeness (QED) is 0.670. The number of H-pyrrole nitrogens is 1. The zero-order valence-electron chi connectivity index (χ0n) is 14.4. The normalized spacial score (nSPS) is 18.7. The molecule has 1 fully saturated rings. The first-order valence-electron chi connectivity index (χ1n) is 9.04. The number of pyridine rings is 1. The van der Waals surface area contributed by atoms with Crippen molar-refractivity contribution in [2.45, 2.75) is 38.3 Å². The second kappa shape index (κ2) is 8.56. The summed E-state index contributed by atoms with van der Waals surface area (Å²) < 4.78 is 13.2. The Morgan fingerprint density at radius 3 is 3.04 bits per heavy atom. The van der Waals surface area contributed by atoms with Crippen molar-refractivity contribution in [1.29, 1.82) is 0 Å². The Morgan fingerprint density at radius 2 is 2.20 bits per heavy atom. The third-order valence-corrected chi connectivity index (χ3v) is 4.92. The van der Waals surface area contributed by atoms with Gasteiger partial charge >= 0.3 is 0 Å². The number of nitrogens with one attached hydrogen (secondary N) is 2. The number of nitrogens with zero attached hydrogens (tertiary/aromatic N) is 1. The fraction of sp³-hybridized carbons (Fsp3) is 0.526. The van der Waals surface area contributed by atoms with Crippen LogP contribution in [-0.2, 0) is 6.54 Å². The summed E-state index contributed by atoms with van der Waals surface area (Å²) in [5.74, 6) is -0.400. The van der Waals surface area contributed by atoms with Crippen molar-refractivity contribution in [3.05, 3.63) is 46.0 Å². The van der Waals surface area contributed by atoms with Crippen LogP contribution in [0.15, 0.2) is 29.1 Å². The average molecular weight is 347 g/mol. The summed E-state index contributed by atoms with van der Waals surface area (Å²) in [6, 6.07) is 6.06. The lowest BCUT2D eigenvalue weighted by molar-refractivity contribution is 0.0892. The highest BCUT2D eigenvalue weighted by molar-refractivity contribution is 5.78. The van der Waals surface area contributed by atoms with E-state index in [1.807, 2.05) is 0 Å². The van der Waals surface area contributed by atoms with Gasteiger partial charge in [0.2, 0.25) is 0 Å². The Morgan fingerprint density at radius 1 is 1.32 bits per heavy atom. The number of piperidine rings is 1. The molecule has 3 rings (SSSR count). The Labute approximate surface area is 146 Å². The number of hydrogen-bond donors (Lipinski definition) is 3. The topological polar surface area (TPSA) is 68.4 Å². The van der Waals surface area contributed by atoms with Crippen LogP contribution in [0.5, 0.6) is 0 Å². The van der Waals surface area contributed by atoms with Gasteiger partial charge in [-0.25, -0.2) is 4.39 Å². The molecule has 5 nitrogen and oxygen atoms in total. The van der Waals surface area contributed by atoms with Gasteiger partial charge < -0.3 is 15.4 Å². The molecule has 1 aromatic carbocycles. The Balaban J connectivity index is 1.48. The highest BCUT2D eigenvalue weighted by atomic mass is 19.1. The molecule has 0 spiro atoms. The molecule has 25 heavy (non-hydrogen) atoms. The van der Waals surface area contributed by atoms with Crippen molar-refractivity contribution >= 4 is 10.9 Å². The SMILES string of the molecule is O=c1cc(CNCCCN2CCCC[C@@H]2CO)[nH]c2ccc(F)cc12. The van der Waals surface area contributed by atoms with Crippen LogP contribution in [-0.4, -0.2) is 47.3 Å². The minimum atomic E-state index is -0.400. The van der Waals surface area contributed by atoms with E-state index in [1.165, 1.54) is 31.0 Å². The van der Waals surface area contributed by atoms with Crippen LogP contribution in [0.1, 0.15) is 31.4 Å². The highest BCUT2D eigenvalue weighted by Crippen LogP contribution is 2.16.